The van der Waals surface area contributed by atoms with E-state index in [1.165, 1.54) is 24.9 Å². The van der Waals surface area contributed by atoms with Crippen molar-refractivity contribution in [2.45, 2.75) is 25.7 Å². The van der Waals surface area contributed by atoms with Gasteiger partial charge >= 0.3 is 0 Å². The third-order valence-corrected chi connectivity index (χ3v) is 5.59. The number of fused-ring (bicyclic) bond motifs is 2. The molecule has 118 valence electrons. The van der Waals surface area contributed by atoms with Crippen LogP contribution in [0.1, 0.15) is 25.7 Å². The van der Waals surface area contributed by atoms with Gasteiger partial charge in [0.15, 0.2) is 0 Å². The fraction of sp³-hybridized carbons (Fsp3) is 0.611. The average Bonchev–Trinajstić information content (AvgIpc) is 3.19. The summed E-state index contributed by atoms with van der Waals surface area (Å²) in [5.41, 5.74) is 2.13. The van der Waals surface area contributed by atoms with Crippen molar-refractivity contribution in [3.8, 4) is 0 Å². The van der Waals surface area contributed by atoms with Gasteiger partial charge in [-0.1, -0.05) is 6.42 Å². The fourth-order valence-corrected chi connectivity index (χ4v) is 4.38. The van der Waals surface area contributed by atoms with Crippen LogP contribution < -0.4 is 10.2 Å². The summed E-state index contributed by atoms with van der Waals surface area (Å²) in [5, 5.41) is 3.12. The van der Waals surface area contributed by atoms with E-state index in [-0.39, 0.29) is 11.8 Å². The molecule has 1 heterocycles. The van der Waals surface area contributed by atoms with Gasteiger partial charge in [0.1, 0.15) is 0 Å². The molecule has 0 spiro atoms. The molecule has 1 aromatic rings. The molecule has 1 aliphatic heterocycles. The van der Waals surface area contributed by atoms with Gasteiger partial charge in [-0.3, -0.25) is 4.79 Å². The second kappa shape index (κ2) is 5.92. The van der Waals surface area contributed by atoms with E-state index in [1.54, 1.807) is 0 Å². The van der Waals surface area contributed by atoms with Crippen molar-refractivity contribution in [3.63, 3.8) is 0 Å². The normalized spacial score (nSPS) is 30.5. The van der Waals surface area contributed by atoms with Crippen LogP contribution in [0.2, 0.25) is 0 Å². The second-order valence-corrected chi connectivity index (χ2v) is 6.92. The predicted molar refractivity (Wildman–Crippen MR) is 87.0 cm³/mol. The van der Waals surface area contributed by atoms with Crippen LogP contribution in [-0.2, 0) is 9.53 Å². The molecule has 1 N–H and O–H groups in total. The van der Waals surface area contributed by atoms with Crippen molar-refractivity contribution >= 4 is 17.3 Å². The van der Waals surface area contributed by atoms with Gasteiger partial charge in [-0.25, -0.2) is 0 Å². The molecule has 4 heteroatoms. The summed E-state index contributed by atoms with van der Waals surface area (Å²) in [7, 11) is 0. The summed E-state index contributed by atoms with van der Waals surface area (Å²) in [4.78, 5) is 14.8. The Morgan fingerprint density at radius 3 is 2.50 bits per heavy atom. The quantitative estimate of drug-likeness (QED) is 0.933. The highest BCUT2D eigenvalue weighted by Gasteiger charge is 2.42. The summed E-state index contributed by atoms with van der Waals surface area (Å²) in [6, 6.07) is 8.25. The number of nitrogens with zero attached hydrogens (tertiary/aromatic N) is 1. The lowest BCUT2D eigenvalue weighted by Crippen LogP contribution is -2.36. The number of carbonyl (C=O) groups excluding carboxylic acids is 1. The van der Waals surface area contributed by atoms with Gasteiger partial charge in [0.2, 0.25) is 5.91 Å². The molecular weight excluding hydrogens is 276 g/mol. The number of ether oxygens (including phenoxy) is 1. The van der Waals surface area contributed by atoms with Gasteiger partial charge in [0.25, 0.3) is 0 Å². The van der Waals surface area contributed by atoms with Crippen LogP contribution >= 0.6 is 0 Å². The third-order valence-electron chi connectivity index (χ3n) is 5.59. The topological polar surface area (TPSA) is 41.6 Å². The van der Waals surface area contributed by atoms with Gasteiger partial charge < -0.3 is 15.0 Å². The number of hydrogen-bond donors (Lipinski definition) is 1. The lowest BCUT2D eigenvalue weighted by Gasteiger charge is -2.29. The monoisotopic (exact) mass is 300 g/mol. The van der Waals surface area contributed by atoms with Crippen molar-refractivity contribution < 1.29 is 9.53 Å². The molecule has 1 aromatic carbocycles. The molecule has 2 aliphatic carbocycles. The number of nitrogens with one attached hydrogen (secondary N) is 1. The molecule has 1 amide bonds. The Kier molecular flexibility index (Phi) is 3.78. The number of rotatable bonds is 3. The number of carbonyl (C=O) groups is 1. The summed E-state index contributed by atoms with van der Waals surface area (Å²) in [5.74, 6) is 1.92. The summed E-state index contributed by atoms with van der Waals surface area (Å²) in [6.45, 7) is 3.47. The molecule has 0 aromatic heterocycles. The molecule has 4 rings (SSSR count). The maximum atomic E-state index is 12.5. The second-order valence-electron chi connectivity index (χ2n) is 6.92. The van der Waals surface area contributed by atoms with E-state index in [4.69, 9.17) is 4.74 Å². The van der Waals surface area contributed by atoms with Crippen LogP contribution in [0.4, 0.5) is 11.4 Å². The molecule has 1 saturated heterocycles. The smallest absolute Gasteiger partial charge is 0.227 e. The molecule has 3 aliphatic rings. The van der Waals surface area contributed by atoms with Crippen LogP contribution in [0, 0.1) is 17.8 Å². The standard InChI is InChI=1S/C18H24N2O2/c21-18(17-12-13-1-2-14(17)11-13)19-15-3-5-16(6-4-15)20-7-9-22-10-8-20/h3-6,13-14,17H,1-2,7-12H2,(H,19,21)/t13-,14+,17+/m0/s1. The van der Waals surface area contributed by atoms with Crippen molar-refractivity contribution in [2.75, 3.05) is 36.5 Å². The number of benzene rings is 1. The van der Waals surface area contributed by atoms with E-state index in [2.05, 4.69) is 22.3 Å². The highest BCUT2D eigenvalue weighted by Crippen LogP contribution is 2.48. The van der Waals surface area contributed by atoms with E-state index in [1.807, 2.05) is 12.1 Å². The maximum absolute atomic E-state index is 12.5. The zero-order valence-electron chi connectivity index (χ0n) is 13.0. The molecule has 22 heavy (non-hydrogen) atoms. The van der Waals surface area contributed by atoms with Crippen molar-refractivity contribution in [1.82, 2.24) is 0 Å². The minimum Gasteiger partial charge on any atom is -0.378 e. The van der Waals surface area contributed by atoms with E-state index >= 15 is 0 Å². The number of morpholine rings is 1. The van der Waals surface area contributed by atoms with Gasteiger partial charge in [-0.05, 0) is 55.4 Å². The predicted octanol–water partition coefficient (Wildman–Crippen LogP) is 2.90. The first-order valence-electron chi connectivity index (χ1n) is 8.53. The maximum Gasteiger partial charge on any atom is 0.227 e. The Labute approximate surface area is 131 Å². The van der Waals surface area contributed by atoms with Gasteiger partial charge in [-0.15, -0.1) is 0 Å². The first kappa shape index (κ1) is 14.1. The summed E-state index contributed by atoms with van der Waals surface area (Å²) >= 11 is 0. The first-order valence-corrected chi connectivity index (χ1v) is 8.53. The fourth-order valence-electron chi connectivity index (χ4n) is 4.38. The molecule has 3 fully saturated rings. The van der Waals surface area contributed by atoms with Crippen LogP contribution in [0.3, 0.4) is 0 Å². The molecule has 0 radical (unpaired) electrons. The minimum atomic E-state index is 0.228. The highest BCUT2D eigenvalue weighted by molar-refractivity contribution is 5.93. The summed E-state index contributed by atoms with van der Waals surface area (Å²) in [6.07, 6.45) is 4.96. The Morgan fingerprint density at radius 2 is 1.86 bits per heavy atom. The number of hydrogen-bond acceptors (Lipinski definition) is 3. The largest absolute Gasteiger partial charge is 0.378 e. The highest BCUT2D eigenvalue weighted by atomic mass is 16.5. The molecular formula is C18H24N2O2. The van der Waals surface area contributed by atoms with Crippen LogP contribution in [0.15, 0.2) is 24.3 Å². The Balaban J connectivity index is 1.37. The Morgan fingerprint density at radius 1 is 1.09 bits per heavy atom. The third kappa shape index (κ3) is 2.72. The van der Waals surface area contributed by atoms with Crippen LogP contribution in [0.25, 0.3) is 0 Å². The van der Waals surface area contributed by atoms with Gasteiger partial charge in [0.05, 0.1) is 13.2 Å². The first-order chi connectivity index (χ1) is 10.8. The Bertz CT molecular complexity index is 537. The van der Waals surface area contributed by atoms with Crippen LogP contribution in [0.5, 0.6) is 0 Å². The lowest BCUT2D eigenvalue weighted by molar-refractivity contribution is -0.121. The number of amides is 1. The number of anilines is 2. The Hall–Kier alpha value is -1.55. The molecule has 4 nitrogen and oxygen atoms in total. The van der Waals surface area contributed by atoms with E-state index in [9.17, 15) is 4.79 Å². The van der Waals surface area contributed by atoms with Gasteiger partial charge in [-0.2, -0.15) is 0 Å². The molecule has 2 saturated carbocycles. The van der Waals surface area contributed by atoms with Gasteiger partial charge in [0, 0.05) is 30.4 Å². The zero-order chi connectivity index (χ0) is 14.9. The van der Waals surface area contributed by atoms with Crippen LogP contribution in [-0.4, -0.2) is 32.2 Å². The van der Waals surface area contributed by atoms with E-state index in [0.29, 0.717) is 5.92 Å². The lowest BCUT2D eigenvalue weighted by atomic mass is 9.88. The van der Waals surface area contributed by atoms with Crippen molar-refractivity contribution in [1.29, 1.82) is 0 Å². The van der Waals surface area contributed by atoms with E-state index < -0.39 is 0 Å². The van der Waals surface area contributed by atoms with Crippen molar-refractivity contribution in [3.05, 3.63) is 24.3 Å². The zero-order valence-corrected chi connectivity index (χ0v) is 13.0. The minimum absolute atomic E-state index is 0.228. The SMILES string of the molecule is O=C(Nc1ccc(N2CCOCC2)cc1)[C@@H]1C[C@H]2CC[C@@H]1C2. The van der Waals surface area contributed by atoms with E-state index in [0.717, 1.165) is 44.3 Å². The summed E-state index contributed by atoms with van der Waals surface area (Å²) < 4.78 is 5.38. The molecule has 0 unspecified atom stereocenters. The molecule has 2 bridgehead atoms. The van der Waals surface area contributed by atoms with Crippen molar-refractivity contribution in [2.24, 2.45) is 17.8 Å². The molecule has 3 atom stereocenters. The average molecular weight is 300 g/mol.